The molecule has 0 aliphatic carbocycles. The van der Waals surface area contributed by atoms with Gasteiger partial charge in [-0.05, 0) is 0 Å². The predicted molar refractivity (Wildman–Crippen MR) is 45.0 cm³/mol. The van der Waals surface area contributed by atoms with E-state index in [4.69, 9.17) is 16.6 Å². The zero-order valence-electron chi connectivity index (χ0n) is 6.84. The van der Waals surface area contributed by atoms with E-state index in [0.717, 1.165) is 0 Å². The van der Waals surface area contributed by atoms with Gasteiger partial charge in [-0.25, -0.2) is 0 Å². The largest absolute Gasteiger partial charge is 0.480 e. The van der Waals surface area contributed by atoms with Crippen molar-refractivity contribution in [1.29, 1.82) is 0 Å². The monoisotopic (exact) mass is 188 g/mol. The van der Waals surface area contributed by atoms with Gasteiger partial charge in [0, 0.05) is 0 Å². The SMILES string of the molecule is NC1=NC[C@@H]([C@@H](O)[C@@H](N)C(=O)O)N1. The first kappa shape index (κ1) is 9.75. The molecular weight excluding hydrogens is 176 g/mol. The van der Waals surface area contributed by atoms with Crippen molar-refractivity contribution in [1.82, 2.24) is 5.32 Å². The average Bonchev–Trinajstić information content (AvgIpc) is 2.49. The summed E-state index contributed by atoms with van der Waals surface area (Å²) in [6.45, 7) is 0.244. The fraction of sp³-hybridized carbons (Fsp3) is 0.667. The second kappa shape index (κ2) is 3.58. The van der Waals surface area contributed by atoms with Crippen molar-refractivity contribution in [3.05, 3.63) is 0 Å². The fourth-order valence-electron chi connectivity index (χ4n) is 1.07. The standard InChI is InChI=1S/C6H12N4O3/c7-3(5(12)13)4(11)2-1-9-6(8)10-2/h2-4,11H,1,7H2,(H,12,13)(H3,8,9,10)/t2-,3+,4+/m0/s1. The third kappa shape index (κ3) is 2.07. The highest BCUT2D eigenvalue weighted by molar-refractivity contribution is 5.80. The van der Waals surface area contributed by atoms with Crippen LogP contribution in [0.3, 0.4) is 0 Å². The molecule has 0 saturated heterocycles. The summed E-state index contributed by atoms with van der Waals surface area (Å²) >= 11 is 0. The molecule has 7 N–H and O–H groups in total. The summed E-state index contributed by atoms with van der Waals surface area (Å²) in [5.41, 5.74) is 10.5. The molecule has 0 fully saturated rings. The first-order chi connectivity index (χ1) is 6.02. The summed E-state index contributed by atoms with van der Waals surface area (Å²) in [5.74, 6) is -1.05. The molecule has 0 radical (unpaired) electrons. The summed E-state index contributed by atoms with van der Waals surface area (Å²) in [6.07, 6.45) is -1.19. The molecule has 0 bridgehead atoms. The van der Waals surface area contributed by atoms with Gasteiger partial charge in [0.2, 0.25) is 0 Å². The van der Waals surface area contributed by atoms with Crippen molar-refractivity contribution in [2.24, 2.45) is 16.5 Å². The highest BCUT2D eigenvalue weighted by Crippen LogP contribution is 2.03. The molecule has 0 saturated carbocycles. The molecule has 0 unspecified atom stereocenters. The summed E-state index contributed by atoms with van der Waals surface area (Å²) in [5, 5.41) is 20.5. The lowest BCUT2D eigenvalue weighted by molar-refractivity contribution is -0.141. The molecule has 0 aromatic rings. The van der Waals surface area contributed by atoms with Gasteiger partial charge in [0.25, 0.3) is 0 Å². The molecule has 1 aliphatic heterocycles. The van der Waals surface area contributed by atoms with E-state index in [1.807, 2.05) is 0 Å². The topological polar surface area (TPSA) is 134 Å². The Morgan fingerprint density at radius 1 is 1.77 bits per heavy atom. The molecule has 1 rings (SSSR count). The number of rotatable bonds is 3. The van der Waals surface area contributed by atoms with Crippen LogP contribution in [-0.2, 0) is 4.79 Å². The Morgan fingerprint density at radius 3 is 2.77 bits per heavy atom. The van der Waals surface area contributed by atoms with Gasteiger partial charge >= 0.3 is 5.97 Å². The molecule has 74 valence electrons. The summed E-state index contributed by atoms with van der Waals surface area (Å²) in [6, 6.07) is -1.83. The first-order valence-corrected chi connectivity index (χ1v) is 3.75. The predicted octanol–water partition coefficient (Wildman–Crippen LogP) is -2.95. The van der Waals surface area contributed by atoms with Crippen LogP contribution in [0.25, 0.3) is 0 Å². The molecule has 0 aromatic heterocycles. The van der Waals surface area contributed by atoms with Crippen molar-refractivity contribution in [3.63, 3.8) is 0 Å². The zero-order chi connectivity index (χ0) is 10.0. The van der Waals surface area contributed by atoms with E-state index in [1.165, 1.54) is 0 Å². The minimum absolute atomic E-state index is 0.196. The number of guanidine groups is 1. The van der Waals surface area contributed by atoms with Gasteiger partial charge in [0.15, 0.2) is 5.96 Å². The van der Waals surface area contributed by atoms with E-state index in [9.17, 15) is 9.90 Å². The van der Waals surface area contributed by atoms with Crippen molar-refractivity contribution in [2.75, 3.05) is 6.54 Å². The number of aliphatic hydroxyl groups is 1. The molecule has 1 heterocycles. The van der Waals surface area contributed by atoms with Crippen molar-refractivity contribution in [3.8, 4) is 0 Å². The second-order valence-corrected chi connectivity index (χ2v) is 2.83. The van der Waals surface area contributed by atoms with E-state index in [-0.39, 0.29) is 12.5 Å². The van der Waals surface area contributed by atoms with Crippen molar-refractivity contribution < 1.29 is 15.0 Å². The van der Waals surface area contributed by atoms with Gasteiger partial charge in [-0.15, -0.1) is 0 Å². The molecular formula is C6H12N4O3. The molecule has 7 heteroatoms. The number of carboxylic acid groups (broad SMARTS) is 1. The number of nitrogens with one attached hydrogen (secondary N) is 1. The van der Waals surface area contributed by atoms with Crippen LogP contribution >= 0.6 is 0 Å². The van der Waals surface area contributed by atoms with Crippen LogP contribution in [0.4, 0.5) is 0 Å². The maximum Gasteiger partial charge on any atom is 0.323 e. The van der Waals surface area contributed by atoms with Crippen LogP contribution in [0.5, 0.6) is 0 Å². The Bertz CT molecular complexity index is 242. The molecule has 0 spiro atoms. The summed E-state index contributed by atoms with van der Waals surface area (Å²) in [7, 11) is 0. The third-order valence-corrected chi connectivity index (χ3v) is 1.86. The van der Waals surface area contributed by atoms with Crippen LogP contribution in [0, 0.1) is 0 Å². The van der Waals surface area contributed by atoms with Crippen molar-refractivity contribution >= 4 is 11.9 Å². The lowest BCUT2D eigenvalue weighted by atomic mass is 10.1. The van der Waals surface area contributed by atoms with Gasteiger partial charge in [-0.1, -0.05) is 0 Å². The van der Waals surface area contributed by atoms with Crippen LogP contribution < -0.4 is 16.8 Å². The number of carboxylic acids is 1. The minimum Gasteiger partial charge on any atom is -0.480 e. The highest BCUT2D eigenvalue weighted by Gasteiger charge is 2.32. The van der Waals surface area contributed by atoms with E-state index in [2.05, 4.69) is 10.3 Å². The number of hydrogen-bond donors (Lipinski definition) is 5. The van der Waals surface area contributed by atoms with Crippen LogP contribution in [0.2, 0.25) is 0 Å². The number of aliphatic hydroxyl groups excluding tert-OH is 1. The Labute approximate surface area is 74.4 Å². The molecule has 3 atom stereocenters. The van der Waals surface area contributed by atoms with Gasteiger partial charge < -0.3 is 27.0 Å². The normalized spacial score (nSPS) is 26.0. The van der Waals surface area contributed by atoms with E-state index in [0.29, 0.717) is 0 Å². The number of nitrogens with two attached hydrogens (primary N) is 2. The Hall–Kier alpha value is -1.34. The Balaban J connectivity index is 2.50. The first-order valence-electron chi connectivity index (χ1n) is 3.75. The smallest absolute Gasteiger partial charge is 0.323 e. The summed E-state index contributed by atoms with van der Waals surface area (Å²) < 4.78 is 0. The second-order valence-electron chi connectivity index (χ2n) is 2.83. The number of nitrogens with zero attached hydrogens (tertiary/aromatic N) is 1. The number of hydrogen-bond acceptors (Lipinski definition) is 6. The van der Waals surface area contributed by atoms with E-state index >= 15 is 0 Å². The van der Waals surface area contributed by atoms with Crippen LogP contribution in [0.15, 0.2) is 4.99 Å². The van der Waals surface area contributed by atoms with E-state index < -0.39 is 24.2 Å². The third-order valence-electron chi connectivity index (χ3n) is 1.86. The van der Waals surface area contributed by atoms with Gasteiger partial charge in [-0.3, -0.25) is 9.79 Å². The molecule has 7 nitrogen and oxygen atoms in total. The van der Waals surface area contributed by atoms with E-state index in [1.54, 1.807) is 0 Å². The van der Waals surface area contributed by atoms with Crippen LogP contribution in [0.1, 0.15) is 0 Å². The van der Waals surface area contributed by atoms with Gasteiger partial charge in [-0.2, -0.15) is 0 Å². The molecule has 1 aliphatic rings. The number of aliphatic carboxylic acids is 1. The molecule has 0 aromatic carbocycles. The molecule has 13 heavy (non-hydrogen) atoms. The maximum atomic E-state index is 10.4. The summed E-state index contributed by atoms with van der Waals surface area (Å²) in [4.78, 5) is 14.2. The fourth-order valence-corrected chi connectivity index (χ4v) is 1.07. The zero-order valence-corrected chi connectivity index (χ0v) is 6.84. The highest BCUT2D eigenvalue weighted by atomic mass is 16.4. The van der Waals surface area contributed by atoms with Gasteiger partial charge in [0.05, 0.1) is 12.6 Å². The number of aliphatic imine (C=N–C) groups is 1. The van der Waals surface area contributed by atoms with Crippen LogP contribution in [-0.4, -0.2) is 46.9 Å². The number of carbonyl (C=O) groups is 1. The van der Waals surface area contributed by atoms with Gasteiger partial charge in [0.1, 0.15) is 12.1 Å². The Morgan fingerprint density at radius 2 is 2.38 bits per heavy atom. The maximum absolute atomic E-state index is 10.4. The Kier molecular flexibility index (Phi) is 2.69. The lowest BCUT2D eigenvalue weighted by Gasteiger charge is -2.21. The molecule has 0 amide bonds. The lowest BCUT2D eigenvalue weighted by Crippen LogP contribution is -2.54. The van der Waals surface area contributed by atoms with Crippen molar-refractivity contribution in [2.45, 2.75) is 18.2 Å². The quantitative estimate of drug-likeness (QED) is 0.321. The average molecular weight is 188 g/mol. The minimum atomic E-state index is -1.32.